The van der Waals surface area contributed by atoms with Crippen LogP contribution in [-0.4, -0.2) is 35.4 Å². The number of aliphatic hydroxyl groups excluding tert-OH is 1. The molecule has 3 heteroatoms. The predicted molar refractivity (Wildman–Crippen MR) is 70.4 cm³/mol. The fourth-order valence-electron chi connectivity index (χ4n) is 3.11. The summed E-state index contributed by atoms with van der Waals surface area (Å²) in [6, 6.07) is 0. The number of rotatable bonds is 3. The van der Waals surface area contributed by atoms with Gasteiger partial charge in [0.25, 0.3) is 0 Å². The van der Waals surface area contributed by atoms with Crippen LogP contribution in [0.4, 0.5) is 0 Å². The van der Waals surface area contributed by atoms with E-state index in [1.807, 2.05) is 6.92 Å². The molecule has 1 aliphatic carbocycles. The first-order valence-electron chi connectivity index (χ1n) is 6.44. The third kappa shape index (κ3) is 2.47. The minimum atomic E-state index is -2.16. The van der Waals surface area contributed by atoms with Crippen molar-refractivity contribution in [2.24, 2.45) is 5.41 Å². The molecule has 1 rings (SSSR count). The monoisotopic (exact) mass is 334 g/mol. The standard InChI is InChI=1S/C10H17O2.3CH3.Sn/c1-3-10(8(2)11)7-5-4-6-9(10)12;;;;/h3,8,11H,4-7H2,1-2H3;3*1H3;/t8-,10-;;;;/m0..../s1. The average Bonchev–Trinajstić information content (AvgIpc) is 2.16. The normalized spacial score (nSPS) is 31.2. The van der Waals surface area contributed by atoms with Gasteiger partial charge in [0.15, 0.2) is 0 Å². The third-order valence-corrected chi connectivity index (χ3v) is 13.5. The Morgan fingerprint density at radius 2 is 1.81 bits per heavy atom. The van der Waals surface area contributed by atoms with Crippen molar-refractivity contribution in [3.8, 4) is 0 Å². The molecule has 0 radical (unpaired) electrons. The molecular formula is C13H26O2Sn. The molecule has 0 aromatic carbocycles. The second-order valence-corrected chi connectivity index (χ2v) is 22.4. The van der Waals surface area contributed by atoms with Crippen molar-refractivity contribution in [3.63, 3.8) is 0 Å². The Labute approximate surface area is 104 Å². The maximum absolute atomic E-state index is 12.3. The second-order valence-electron chi connectivity index (χ2n) is 6.43. The zero-order valence-electron chi connectivity index (χ0n) is 11.3. The Morgan fingerprint density at radius 1 is 1.25 bits per heavy atom. The van der Waals surface area contributed by atoms with Crippen molar-refractivity contribution < 1.29 is 9.90 Å². The van der Waals surface area contributed by atoms with Crippen molar-refractivity contribution in [1.82, 2.24) is 0 Å². The van der Waals surface area contributed by atoms with Gasteiger partial charge in [-0.3, -0.25) is 0 Å². The maximum atomic E-state index is 12.3. The number of carbonyl (C=O) groups is 1. The van der Waals surface area contributed by atoms with Crippen LogP contribution in [0.2, 0.25) is 18.8 Å². The summed E-state index contributed by atoms with van der Waals surface area (Å²) in [5, 5.41) is 10.1. The van der Waals surface area contributed by atoms with E-state index in [0.717, 1.165) is 19.3 Å². The fourth-order valence-corrected chi connectivity index (χ4v) is 9.08. The van der Waals surface area contributed by atoms with Crippen molar-refractivity contribution in [2.75, 3.05) is 0 Å². The molecule has 0 bridgehead atoms. The number of ketones is 1. The molecule has 16 heavy (non-hydrogen) atoms. The summed E-state index contributed by atoms with van der Waals surface area (Å²) in [6.07, 6.45) is 3.21. The van der Waals surface area contributed by atoms with Crippen LogP contribution >= 0.6 is 0 Å². The molecule has 1 saturated carbocycles. The summed E-state index contributed by atoms with van der Waals surface area (Å²) in [5.41, 5.74) is -0.410. The van der Waals surface area contributed by atoms with Gasteiger partial charge in [0, 0.05) is 0 Å². The molecule has 0 aromatic heterocycles. The molecular weight excluding hydrogens is 307 g/mol. The van der Waals surface area contributed by atoms with Crippen molar-refractivity contribution in [1.29, 1.82) is 0 Å². The molecule has 0 aromatic rings. The van der Waals surface area contributed by atoms with E-state index in [4.69, 9.17) is 0 Å². The molecule has 0 amide bonds. The van der Waals surface area contributed by atoms with E-state index in [1.54, 1.807) is 0 Å². The quantitative estimate of drug-likeness (QED) is 0.806. The molecule has 1 N–H and O–H groups in total. The van der Waals surface area contributed by atoms with Gasteiger partial charge in [-0.2, -0.15) is 0 Å². The Kier molecular flexibility index (Phi) is 4.50. The SMILES string of the molecule is C[C@H](O)[C@]1([C@@H](C)[Sn]([CH3])([CH3])[CH3])CCCCC1=O. The molecule has 0 unspecified atom stereocenters. The molecule has 1 aliphatic rings. The van der Waals surface area contributed by atoms with E-state index in [1.165, 1.54) is 0 Å². The molecule has 94 valence electrons. The number of aliphatic hydroxyl groups is 1. The third-order valence-electron chi connectivity index (χ3n) is 4.58. The van der Waals surface area contributed by atoms with Gasteiger partial charge in [-0.15, -0.1) is 0 Å². The first kappa shape index (κ1) is 14.5. The van der Waals surface area contributed by atoms with E-state index >= 15 is 0 Å². The van der Waals surface area contributed by atoms with E-state index < -0.39 is 29.9 Å². The van der Waals surface area contributed by atoms with Crippen LogP contribution in [-0.2, 0) is 4.79 Å². The van der Waals surface area contributed by atoms with Gasteiger partial charge >= 0.3 is 104 Å². The van der Waals surface area contributed by atoms with Gasteiger partial charge < -0.3 is 0 Å². The van der Waals surface area contributed by atoms with Gasteiger partial charge in [0.05, 0.1) is 0 Å². The Hall–Kier alpha value is 0.429. The summed E-state index contributed by atoms with van der Waals surface area (Å²) in [4.78, 5) is 19.4. The van der Waals surface area contributed by atoms with Crippen molar-refractivity contribution in [3.05, 3.63) is 0 Å². The van der Waals surface area contributed by atoms with E-state index in [2.05, 4.69) is 21.7 Å². The Bertz CT molecular complexity index is 268. The van der Waals surface area contributed by atoms with E-state index in [0.29, 0.717) is 16.1 Å². The van der Waals surface area contributed by atoms with Gasteiger partial charge in [-0.25, -0.2) is 0 Å². The molecule has 0 aliphatic heterocycles. The Morgan fingerprint density at radius 3 is 2.19 bits per heavy atom. The van der Waals surface area contributed by atoms with Crippen LogP contribution in [0, 0.1) is 5.41 Å². The van der Waals surface area contributed by atoms with Crippen LogP contribution in [0.15, 0.2) is 0 Å². The zero-order valence-corrected chi connectivity index (χ0v) is 14.2. The summed E-state index contributed by atoms with van der Waals surface area (Å²) in [7, 11) is 0. The van der Waals surface area contributed by atoms with Crippen LogP contribution in [0.3, 0.4) is 0 Å². The van der Waals surface area contributed by atoms with E-state index in [-0.39, 0.29) is 0 Å². The second kappa shape index (κ2) is 4.97. The number of Topliss-reactive ketones (excluding diaryl/α,β-unsaturated/α-hetero) is 1. The first-order valence-corrected chi connectivity index (χ1v) is 16.7. The number of hydrogen-bond acceptors (Lipinski definition) is 2. The summed E-state index contributed by atoms with van der Waals surface area (Å²) in [6.45, 7) is 4.03. The summed E-state index contributed by atoms with van der Waals surface area (Å²) >= 11 is -2.16. The molecule has 0 spiro atoms. The van der Waals surface area contributed by atoms with Crippen LogP contribution < -0.4 is 0 Å². The van der Waals surface area contributed by atoms with E-state index in [9.17, 15) is 9.90 Å². The summed E-state index contributed by atoms with van der Waals surface area (Å²) < 4.78 is 0.426. The van der Waals surface area contributed by atoms with Gasteiger partial charge in [-0.1, -0.05) is 0 Å². The summed E-state index contributed by atoms with van der Waals surface area (Å²) in [5.74, 6) is 0.327. The van der Waals surface area contributed by atoms with Crippen molar-refractivity contribution >= 4 is 24.2 Å². The van der Waals surface area contributed by atoms with Crippen LogP contribution in [0.25, 0.3) is 0 Å². The van der Waals surface area contributed by atoms with Crippen molar-refractivity contribution in [2.45, 2.75) is 64.4 Å². The molecule has 3 atom stereocenters. The fraction of sp³-hybridized carbons (Fsp3) is 0.923. The van der Waals surface area contributed by atoms with Crippen LogP contribution in [0.1, 0.15) is 39.5 Å². The molecule has 0 saturated heterocycles. The molecule has 0 heterocycles. The van der Waals surface area contributed by atoms with Gasteiger partial charge in [0.1, 0.15) is 0 Å². The minimum absolute atomic E-state index is 0.327. The number of hydrogen-bond donors (Lipinski definition) is 1. The predicted octanol–water partition coefficient (Wildman–Crippen LogP) is 3.23. The van der Waals surface area contributed by atoms with Gasteiger partial charge in [0.2, 0.25) is 0 Å². The van der Waals surface area contributed by atoms with Crippen LogP contribution in [0.5, 0.6) is 0 Å². The molecule has 2 nitrogen and oxygen atoms in total. The topological polar surface area (TPSA) is 37.3 Å². The first-order chi connectivity index (χ1) is 7.23. The number of carbonyl (C=O) groups excluding carboxylic acids is 1. The zero-order chi connectivity index (χ0) is 12.6. The molecule has 1 fully saturated rings. The average molecular weight is 333 g/mol. The Balaban J connectivity index is 3.10. The van der Waals surface area contributed by atoms with Gasteiger partial charge in [-0.05, 0) is 0 Å².